The van der Waals surface area contributed by atoms with E-state index in [-0.39, 0.29) is 0 Å². The molecule has 0 unspecified atom stereocenters. The summed E-state index contributed by atoms with van der Waals surface area (Å²) in [6.45, 7) is 7.61. The molecule has 0 atom stereocenters. The highest BCUT2D eigenvalue weighted by molar-refractivity contribution is 5.93. The number of hydrogen-bond donors (Lipinski definition) is 2. The molecule has 0 fully saturated rings. The van der Waals surface area contributed by atoms with Crippen LogP contribution >= 0.6 is 0 Å². The zero-order valence-corrected chi connectivity index (χ0v) is 12.5. The highest BCUT2D eigenvalue weighted by Gasteiger charge is 2.02. The van der Waals surface area contributed by atoms with E-state index in [0.717, 1.165) is 37.3 Å². The van der Waals surface area contributed by atoms with Crippen LogP contribution in [0.15, 0.2) is 36.4 Å². The maximum atomic E-state index is 11.3. The van der Waals surface area contributed by atoms with E-state index in [9.17, 15) is 9.59 Å². The van der Waals surface area contributed by atoms with E-state index < -0.39 is 11.9 Å². The van der Waals surface area contributed by atoms with E-state index in [1.165, 1.54) is 5.56 Å². The Bertz CT molecular complexity index is 491. The minimum Gasteiger partial charge on any atom is -0.478 e. The minimum absolute atomic E-state index is 0.383. The number of benzene rings is 1. The molecule has 1 amide bonds. The fourth-order valence-corrected chi connectivity index (χ4v) is 1.86. The standard InChI is InChI=1S/C16H22N2O3/c1-3-18(4-2)12-14-7-5-13(6-8-14)11-17-15(19)9-10-16(20)21/h5-10H,3-4,11-12H2,1-2H3,(H,17,19)(H,20,21)/b10-9+. The van der Waals surface area contributed by atoms with Crippen molar-refractivity contribution in [1.82, 2.24) is 10.2 Å². The largest absolute Gasteiger partial charge is 0.478 e. The van der Waals surface area contributed by atoms with Crippen LogP contribution in [0, 0.1) is 0 Å². The summed E-state index contributed by atoms with van der Waals surface area (Å²) in [7, 11) is 0. The van der Waals surface area contributed by atoms with Crippen LogP contribution in [0.5, 0.6) is 0 Å². The summed E-state index contributed by atoms with van der Waals surface area (Å²) in [5.41, 5.74) is 2.22. The van der Waals surface area contributed by atoms with Crippen LogP contribution < -0.4 is 5.32 Å². The van der Waals surface area contributed by atoms with Crippen LogP contribution in [0.2, 0.25) is 0 Å². The van der Waals surface area contributed by atoms with E-state index in [0.29, 0.717) is 6.54 Å². The maximum absolute atomic E-state index is 11.3. The van der Waals surface area contributed by atoms with Gasteiger partial charge in [0, 0.05) is 25.2 Å². The summed E-state index contributed by atoms with van der Waals surface area (Å²) >= 11 is 0. The lowest BCUT2D eigenvalue weighted by Gasteiger charge is -2.18. The lowest BCUT2D eigenvalue weighted by Crippen LogP contribution is -2.22. The first-order valence-corrected chi connectivity index (χ1v) is 7.04. The molecule has 1 rings (SSSR count). The van der Waals surface area contributed by atoms with Gasteiger partial charge < -0.3 is 10.4 Å². The van der Waals surface area contributed by atoms with Gasteiger partial charge >= 0.3 is 5.97 Å². The third-order valence-corrected chi connectivity index (χ3v) is 3.17. The molecule has 21 heavy (non-hydrogen) atoms. The molecule has 114 valence electrons. The van der Waals surface area contributed by atoms with Crippen LogP contribution in [0.4, 0.5) is 0 Å². The number of rotatable bonds is 8. The van der Waals surface area contributed by atoms with Gasteiger partial charge in [-0.1, -0.05) is 38.1 Å². The van der Waals surface area contributed by atoms with E-state index in [2.05, 4.69) is 24.1 Å². The molecule has 0 radical (unpaired) electrons. The fraction of sp³-hybridized carbons (Fsp3) is 0.375. The summed E-state index contributed by atoms with van der Waals surface area (Å²) in [4.78, 5) is 24.0. The Morgan fingerprint density at radius 3 is 2.19 bits per heavy atom. The number of nitrogens with zero attached hydrogens (tertiary/aromatic N) is 1. The maximum Gasteiger partial charge on any atom is 0.328 e. The second kappa shape index (κ2) is 8.92. The van der Waals surface area contributed by atoms with Gasteiger partial charge in [-0.25, -0.2) is 4.79 Å². The van der Waals surface area contributed by atoms with Crippen LogP contribution in [0.3, 0.4) is 0 Å². The Kier molecular flexibility index (Phi) is 7.18. The quantitative estimate of drug-likeness (QED) is 0.716. The first kappa shape index (κ1) is 16.9. The lowest BCUT2D eigenvalue weighted by atomic mass is 10.1. The van der Waals surface area contributed by atoms with Crippen molar-refractivity contribution in [3.63, 3.8) is 0 Å². The van der Waals surface area contributed by atoms with Crippen molar-refractivity contribution in [1.29, 1.82) is 0 Å². The second-order valence-corrected chi connectivity index (χ2v) is 4.67. The second-order valence-electron chi connectivity index (χ2n) is 4.67. The molecule has 0 aliphatic carbocycles. The Balaban J connectivity index is 2.47. The smallest absolute Gasteiger partial charge is 0.328 e. The summed E-state index contributed by atoms with van der Waals surface area (Å²) in [5.74, 6) is -1.55. The first-order chi connectivity index (χ1) is 10.0. The molecular weight excluding hydrogens is 268 g/mol. The topological polar surface area (TPSA) is 69.6 Å². The summed E-state index contributed by atoms with van der Waals surface area (Å²) < 4.78 is 0. The number of carbonyl (C=O) groups is 2. The molecule has 0 aliphatic heterocycles. The number of aliphatic carboxylic acids is 1. The van der Waals surface area contributed by atoms with Crippen molar-refractivity contribution < 1.29 is 14.7 Å². The third kappa shape index (κ3) is 6.72. The average Bonchev–Trinajstić information content (AvgIpc) is 2.49. The first-order valence-electron chi connectivity index (χ1n) is 7.04. The lowest BCUT2D eigenvalue weighted by molar-refractivity contribution is -0.131. The molecule has 0 spiro atoms. The highest BCUT2D eigenvalue weighted by Crippen LogP contribution is 2.07. The summed E-state index contributed by atoms with van der Waals surface area (Å²) in [5, 5.41) is 11.1. The number of carboxylic acids is 1. The van der Waals surface area contributed by atoms with Gasteiger partial charge in [-0.3, -0.25) is 9.69 Å². The molecule has 0 saturated heterocycles. The van der Waals surface area contributed by atoms with Crippen molar-refractivity contribution in [2.45, 2.75) is 26.9 Å². The van der Waals surface area contributed by atoms with Gasteiger partial charge in [0.05, 0.1) is 0 Å². The van der Waals surface area contributed by atoms with E-state index >= 15 is 0 Å². The minimum atomic E-state index is -1.13. The van der Waals surface area contributed by atoms with E-state index in [1.807, 2.05) is 24.3 Å². The van der Waals surface area contributed by atoms with Crippen molar-refractivity contribution in [2.24, 2.45) is 0 Å². The fourth-order valence-electron chi connectivity index (χ4n) is 1.86. The molecule has 0 aromatic heterocycles. The SMILES string of the molecule is CCN(CC)Cc1ccc(CNC(=O)/C=C/C(=O)O)cc1. The predicted molar refractivity (Wildman–Crippen MR) is 81.7 cm³/mol. The zero-order valence-electron chi connectivity index (χ0n) is 12.5. The molecule has 0 saturated carbocycles. The molecule has 0 aliphatic rings. The number of carboxylic acid groups (broad SMARTS) is 1. The van der Waals surface area contributed by atoms with Crippen molar-refractivity contribution in [3.05, 3.63) is 47.5 Å². The van der Waals surface area contributed by atoms with Crippen molar-refractivity contribution in [2.75, 3.05) is 13.1 Å². The Labute approximate surface area is 125 Å². The average molecular weight is 290 g/mol. The number of amides is 1. The normalized spacial score (nSPS) is 11.0. The van der Waals surface area contributed by atoms with Gasteiger partial charge in [0.15, 0.2) is 0 Å². The molecular formula is C16H22N2O3. The Hall–Kier alpha value is -2.14. The van der Waals surface area contributed by atoms with Crippen LogP contribution in [0.25, 0.3) is 0 Å². The van der Waals surface area contributed by atoms with Crippen molar-refractivity contribution in [3.8, 4) is 0 Å². The Morgan fingerprint density at radius 1 is 1.10 bits per heavy atom. The van der Waals surface area contributed by atoms with Crippen LogP contribution in [-0.4, -0.2) is 35.0 Å². The third-order valence-electron chi connectivity index (χ3n) is 3.17. The van der Waals surface area contributed by atoms with Gasteiger partial charge in [-0.2, -0.15) is 0 Å². The van der Waals surface area contributed by atoms with E-state index in [4.69, 9.17) is 5.11 Å². The van der Waals surface area contributed by atoms with Gasteiger partial charge in [0.25, 0.3) is 0 Å². The predicted octanol–water partition coefficient (Wildman–Crippen LogP) is 1.79. The molecule has 2 N–H and O–H groups in total. The summed E-state index contributed by atoms with van der Waals surface area (Å²) in [6, 6.07) is 8.04. The molecule has 0 bridgehead atoms. The van der Waals surface area contributed by atoms with Gasteiger partial charge in [-0.15, -0.1) is 0 Å². The van der Waals surface area contributed by atoms with Gasteiger partial charge in [-0.05, 0) is 24.2 Å². The zero-order chi connectivity index (χ0) is 15.7. The monoisotopic (exact) mass is 290 g/mol. The molecule has 5 nitrogen and oxygen atoms in total. The van der Waals surface area contributed by atoms with Crippen LogP contribution in [0.1, 0.15) is 25.0 Å². The molecule has 1 aromatic rings. The van der Waals surface area contributed by atoms with Crippen molar-refractivity contribution >= 4 is 11.9 Å². The van der Waals surface area contributed by atoms with Gasteiger partial charge in [0.1, 0.15) is 0 Å². The summed E-state index contributed by atoms with van der Waals surface area (Å²) in [6.07, 6.45) is 1.83. The number of nitrogens with one attached hydrogen (secondary N) is 1. The van der Waals surface area contributed by atoms with Gasteiger partial charge in [0.2, 0.25) is 5.91 Å². The van der Waals surface area contributed by atoms with E-state index in [1.54, 1.807) is 0 Å². The Morgan fingerprint density at radius 2 is 1.67 bits per heavy atom. The molecule has 5 heteroatoms. The molecule has 1 aromatic carbocycles. The molecule has 0 heterocycles. The van der Waals surface area contributed by atoms with Crippen LogP contribution in [-0.2, 0) is 22.7 Å². The number of hydrogen-bond acceptors (Lipinski definition) is 3. The number of carbonyl (C=O) groups excluding carboxylic acids is 1. The highest BCUT2D eigenvalue weighted by atomic mass is 16.4.